The number of carbonyl (C=O) groups is 2. The molecule has 8 aliphatic carbocycles. The molecule has 1 unspecified atom stereocenters. The van der Waals surface area contributed by atoms with Crippen molar-refractivity contribution >= 4 is 11.8 Å². The zero-order valence-corrected chi connectivity index (χ0v) is 36.8. The van der Waals surface area contributed by atoms with E-state index >= 15 is 0 Å². The minimum absolute atomic E-state index is 0.0794. The number of aliphatic carboxylic acids is 1. The fraction of sp³-hybridized carbons (Fsp3) is 0.882. The largest absolute Gasteiger partial charge is 0.481 e. The van der Waals surface area contributed by atoms with Crippen LogP contribution in [-0.2, 0) is 9.59 Å². The number of hydrogen-bond acceptors (Lipinski definition) is 3. The van der Waals surface area contributed by atoms with Gasteiger partial charge in [-0.25, -0.2) is 0 Å². The topological polar surface area (TPSA) is 74.6 Å². The predicted octanol–water partition coefficient (Wildman–Crippen LogP) is 12.9. The molecule has 55 heavy (non-hydrogen) atoms. The highest BCUT2D eigenvalue weighted by molar-refractivity contribution is 5.91. The predicted molar refractivity (Wildman–Crippen MR) is 225 cm³/mol. The van der Waals surface area contributed by atoms with Crippen LogP contribution in [0.3, 0.4) is 0 Å². The fourth-order valence-corrected chi connectivity index (χ4v) is 16.9. The SMILES string of the molecule is CC(C(=O)O)[C@H]1CC[C@H]2[C@@H]3CCC4=CC(=O)CC[C@]4(C)[C@H]3CC[C@]12C.CC[C@H](CC[C@@H](C)[C@H]1CC[C@H]2[C@@H]3CC=C4C[C@@H](O)CC[C@]4(C)[C@H]3CC[C@]12C)C(C)C. The second kappa shape index (κ2) is 15.6. The van der Waals surface area contributed by atoms with E-state index in [-0.39, 0.29) is 22.9 Å². The summed E-state index contributed by atoms with van der Waals surface area (Å²) in [4.78, 5) is 23.5. The van der Waals surface area contributed by atoms with Crippen molar-refractivity contribution in [2.45, 2.75) is 190 Å². The van der Waals surface area contributed by atoms with E-state index in [1.54, 1.807) is 5.57 Å². The Morgan fingerprint density at radius 1 is 0.727 bits per heavy atom. The van der Waals surface area contributed by atoms with Gasteiger partial charge in [-0.1, -0.05) is 92.4 Å². The van der Waals surface area contributed by atoms with E-state index in [1.807, 2.05) is 13.0 Å². The van der Waals surface area contributed by atoms with Gasteiger partial charge < -0.3 is 10.2 Å². The third kappa shape index (κ3) is 7.11. The zero-order valence-electron chi connectivity index (χ0n) is 36.8. The first-order chi connectivity index (χ1) is 26.0. The quantitative estimate of drug-likeness (QED) is 0.242. The van der Waals surface area contributed by atoms with Gasteiger partial charge in [-0.2, -0.15) is 0 Å². The first kappa shape index (κ1) is 41.7. The monoisotopic (exact) mass is 759 g/mol. The average Bonchev–Trinajstić information content (AvgIpc) is 3.69. The Morgan fingerprint density at radius 2 is 1.35 bits per heavy atom. The van der Waals surface area contributed by atoms with Gasteiger partial charge in [0.05, 0.1) is 12.0 Å². The third-order valence-electron chi connectivity index (χ3n) is 20.3. The summed E-state index contributed by atoms with van der Waals surface area (Å²) in [6.07, 6.45) is 27.7. The molecule has 0 spiro atoms. The first-order valence-corrected chi connectivity index (χ1v) is 23.8. The van der Waals surface area contributed by atoms with E-state index in [9.17, 15) is 19.8 Å². The summed E-state index contributed by atoms with van der Waals surface area (Å²) in [6.45, 7) is 21.8. The molecule has 4 nitrogen and oxygen atoms in total. The van der Waals surface area contributed by atoms with Crippen LogP contribution in [0.4, 0.5) is 0 Å². The van der Waals surface area contributed by atoms with E-state index < -0.39 is 5.97 Å². The Hall–Kier alpha value is -1.42. The molecule has 0 saturated heterocycles. The van der Waals surface area contributed by atoms with Gasteiger partial charge >= 0.3 is 5.97 Å². The minimum atomic E-state index is -0.624. The molecule has 4 heteroatoms. The lowest BCUT2D eigenvalue weighted by Crippen LogP contribution is -2.51. The molecule has 310 valence electrons. The van der Waals surface area contributed by atoms with Gasteiger partial charge in [-0.3, -0.25) is 9.59 Å². The Kier molecular flexibility index (Phi) is 11.9. The van der Waals surface area contributed by atoms with Crippen molar-refractivity contribution < 1.29 is 19.8 Å². The molecule has 2 N–H and O–H groups in total. The number of hydrogen-bond donors (Lipinski definition) is 2. The normalized spacial score (nSPS) is 46.2. The summed E-state index contributed by atoms with van der Waals surface area (Å²) >= 11 is 0. The number of carboxylic acids is 1. The number of aliphatic hydroxyl groups excluding tert-OH is 1. The molecule has 0 bridgehead atoms. The van der Waals surface area contributed by atoms with E-state index in [2.05, 4.69) is 61.5 Å². The van der Waals surface area contributed by atoms with Crippen molar-refractivity contribution in [2.75, 3.05) is 0 Å². The molecule has 6 saturated carbocycles. The highest BCUT2D eigenvalue weighted by atomic mass is 16.4. The van der Waals surface area contributed by atoms with Crippen LogP contribution in [0.25, 0.3) is 0 Å². The summed E-state index contributed by atoms with van der Waals surface area (Å²) in [7, 11) is 0. The summed E-state index contributed by atoms with van der Waals surface area (Å²) in [5.74, 6) is 8.19. The molecule has 16 atom stereocenters. The molecule has 0 heterocycles. The van der Waals surface area contributed by atoms with Crippen molar-refractivity contribution in [1.82, 2.24) is 0 Å². The van der Waals surface area contributed by atoms with Crippen LogP contribution in [0.1, 0.15) is 184 Å². The second-order valence-electron chi connectivity index (χ2n) is 22.7. The molecule has 0 aliphatic heterocycles. The molecule has 8 rings (SSSR count). The standard InChI is InChI=1S/C29H50O.C22H32O3/c1-7-21(19(2)3)9-8-20(4)25-12-13-26-24-11-10-22-18-23(30)14-16-28(22,5)27(24)15-17-29(25,26)6;1-13(20(24)25)17-6-7-18-16-5-4-14-12-15(23)8-10-21(14,2)19(16)9-11-22(17,18)3/h10,19-21,23-27,30H,7-9,11-18H2,1-6H3;12-13,16-19H,4-11H2,1-3H3,(H,24,25)/t20-,21-,23+,24+,25-,26+,27+,28+,29-;13?,16-,17+,18-,19-,21-,22+/m10/s1. The van der Waals surface area contributed by atoms with Crippen LogP contribution in [-0.4, -0.2) is 28.1 Å². The van der Waals surface area contributed by atoms with Gasteiger partial charge in [0.1, 0.15) is 0 Å². The minimum Gasteiger partial charge on any atom is -0.481 e. The summed E-state index contributed by atoms with van der Waals surface area (Å²) < 4.78 is 0. The number of aliphatic hydroxyl groups is 1. The highest BCUT2D eigenvalue weighted by Gasteiger charge is 2.61. The first-order valence-electron chi connectivity index (χ1n) is 23.8. The van der Waals surface area contributed by atoms with E-state index in [0.717, 1.165) is 85.9 Å². The third-order valence-corrected chi connectivity index (χ3v) is 20.3. The molecule has 0 aromatic heterocycles. The Balaban J connectivity index is 0.000000172. The number of carboxylic acid groups (broad SMARTS) is 1. The number of fused-ring (bicyclic) bond motifs is 10. The van der Waals surface area contributed by atoms with Crippen LogP contribution >= 0.6 is 0 Å². The number of allylic oxidation sites excluding steroid dienone is 2. The molecule has 6 fully saturated rings. The number of rotatable bonds is 8. The van der Waals surface area contributed by atoms with Crippen molar-refractivity contribution in [3.8, 4) is 0 Å². The molecule has 0 aromatic rings. The van der Waals surface area contributed by atoms with Crippen molar-refractivity contribution in [1.29, 1.82) is 0 Å². The van der Waals surface area contributed by atoms with E-state index in [0.29, 0.717) is 40.8 Å². The molecule has 0 radical (unpaired) electrons. The van der Waals surface area contributed by atoms with E-state index in [1.165, 1.54) is 82.6 Å². The average molecular weight is 759 g/mol. The summed E-state index contributed by atoms with van der Waals surface area (Å²) in [5, 5.41) is 19.8. The van der Waals surface area contributed by atoms with Crippen LogP contribution < -0.4 is 0 Å². The maximum atomic E-state index is 11.9. The lowest BCUT2D eigenvalue weighted by Gasteiger charge is -2.58. The molecular weight excluding hydrogens is 677 g/mol. The number of carbonyl (C=O) groups excluding carboxylic acids is 1. The van der Waals surface area contributed by atoms with Gasteiger partial charge in [0.25, 0.3) is 0 Å². The van der Waals surface area contributed by atoms with Gasteiger partial charge in [-0.15, -0.1) is 0 Å². The molecular formula is C51H82O4. The van der Waals surface area contributed by atoms with Gasteiger partial charge in [0, 0.05) is 6.42 Å². The number of ketones is 1. The van der Waals surface area contributed by atoms with E-state index in [4.69, 9.17) is 0 Å². The highest BCUT2D eigenvalue weighted by Crippen LogP contribution is 2.69. The van der Waals surface area contributed by atoms with Crippen LogP contribution in [0, 0.1) is 92.7 Å². The molecule has 0 aromatic carbocycles. The van der Waals surface area contributed by atoms with Crippen LogP contribution in [0.2, 0.25) is 0 Å². The second-order valence-corrected chi connectivity index (χ2v) is 22.7. The van der Waals surface area contributed by atoms with Gasteiger partial charge in [-0.05, 0) is 196 Å². The Morgan fingerprint density at radius 3 is 2.00 bits per heavy atom. The Bertz CT molecular complexity index is 1490. The smallest absolute Gasteiger partial charge is 0.306 e. The molecule has 0 amide bonds. The van der Waals surface area contributed by atoms with Crippen molar-refractivity contribution in [3.05, 3.63) is 23.3 Å². The van der Waals surface area contributed by atoms with Gasteiger partial charge in [0.15, 0.2) is 5.78 Å². The lowest BCUT2D eigenvalue weighted by atomic mass is 9.46. The maximum Gasteiger partial charge on any atom is 0.306 e. The maximum absolute atomic E-state index is 11.9. The van der Waals surface area contributed by atoms with Gasteiger partial charge in [0.2, 0.25) is 0 Å². The zero-order chi connectivity index (χ0) is 39.7. The summed E-state index contributed by atoms with van der Waals surface area (Å²) in [5.41, 5.74) is 4.42. The fourth-order valence-electron chi connectivity index (χ4n) is 16.9. The van der Waals surface area contributed by atoms with Crippen LogP contribution in [0.15, 0.2) is 23.3 Å². The van der Waals surface area contributed by atoms with Crippen molar-refractivity contribution in [3.63, 3.8) is 0 Å². The molecule has 8 aliphatic rings. The Labute approximate surface area is 336 Å². The summed E-state index contributed by atoms with van der Waals surface area (Å²) in [6, 6.07) is 0. The van der Waals surface area contributed by atoms with Crippen LogP contribution in [0.5, 0.6) is 0 Å². The van der Waals surface area contributed by atoms with Crippen molar-refractivity contribution in [2.24, 2.45) is 92.7 Å². The lowest BCUT2D eigenvalue weighted by molar-refractivity contribution is -0.146.